The molecular weight excluding hydrogens is 266 g/mol. The van der Waals surface area contributed by atoms with Crippen LogP contribution in [-0.2, 0) is 0 Å². The minimum atomic E-state index is -0.600. The fourth-order valence-corrected chi connectivity index (χ4v) is 1.79. The Morgan fingerprint density at radius 3 is 2.70 bits per heavy atom. The number of nitrogens with one attached hydrogen (secondary N) is 2. The zero-order valence-electron chi connectivity index (χ0n) is 11.6. The van der Waals surface area contributed by atoms with Crippen LogP contribution in [-0.4, -0.2) is 23.8 Å². The van der Waals surface area contributed by atoms with Gasteiger partial charge >= 0.3 is 6.03 Å². The summed E-state index contributed by atoms with van der Waals surface area (Å²) in [5.41, 5.74) is 0.123. The van der Waals surface area contributed by atoms with Crippen molar-refractivity contribution in [2.24, 2.45) is 0 Å². The van der Waals surface area contributed by atoms with Gasteiger partial charge in [0.2, 0.25) is 0 Å². The number of aliphatic hydroxyl groups excluding tert-OH is 1. The zero-order chi connectivity index (χ0) is 15.1. The molecule has 6 heteroatoms. The van der Waals surface area contributed by atoms with E-state index in [9.17, 15) is 13.6 Å². The van der Waals surface area contributed by atoms with Crippen molar-refractivity contribution in [3.8, 4) is 0 Å². The van der Waals surface area contributed by atoms with Crippen LogP contribution in [0.5, 0.6) is 0 Å². The lowest BCUT2D eigenvalue weighted by molar-refractivity contribution is 0.183. The van der Waals surface area contributed by atoms with Crippen LogP contribution in [0.15, 0.2) is 18.2 Å². The van der Waals surface area contributed by atoms with Gasteiger partial charge in [-0.15, -0.1) is 0 Å². The molecule has 0 saturated heterocycles. The van der Waals surface area contributed by atoms with E-state index >= 15 is 0 Å². The Kier molecular flexibility index (Phi) is 6.38. The quantitative estimate of drug-likeness (QED) is 0.752. The molecule has 2 amide bonds. The van der Waals surface area contributed by atoms with E-state index in [0.717, 1.165) is 18.2 Å². The second-order valence-corrected chi connectivity index (χ2v) is 4.66. The lowest BCUT2D eigenvalue weighted by Crippen LogP contribution is -2.39. The largest absolute Gasteiger partial charge is 0.393 e. The van der Waals surface area contributed by atoms with Crippen LogP contribution in [0.3, 0.4) is 0 Å². The van der Waals surface area contributed by atoms with Crippen LogP contribution >= 0.6 is 0 Å². The monoisotopic (exact) mass is 286 g/mol. The summed E-state index contributed by atoms with van der Waals surface area (Å²) >= 11 is 0. The van der Waals surface area contributed by atoms with Gasteiger partial charge in [0.1, 0.15) is 11.6 Å². The summed E-state index contributed by atoms with van der Waals surface area (Å²) in [6.07, 6.45) is 0.362. The molecule has 1 aromatic carbocycles. The SMILES string of the molecule is CCC(NC(=O)NCCC(C)O)c1cc(F)ccc1F. The summed E-state index contributed by atoms with van der Waals surface area (Å²) in [5, 5.41) is 14.2. The summed E-state index contributed by atoms with van der Waals surface area (Å²) in [4.78, 5) is 11.6. The molecule has 0 radical (unpaired) electrons. The number of benzene rings is 1. The lowest BCUT2D eigenvalue weighted by atomic mass is 10.0. The average molecular weight is 286 g/mol. The molecule has 0 aromatic heterocycles. The number of hydrogen-bond donors (Lipinski definition) is 3. The first-order valence-corrected chi connectivity index (χ1v) is 6.61. The fourth-order valence-electron chi connectivity index (χ4n) is 1.79. The van der Waals surface area contributed by atoms with E-state index in [4.69, 9.17) is 5.11 Å². The summed E-state index contributed by atoms with van der Waals surface area (Å²) in [6, 6.07) is 2.09. The van der Waals surface area contributed by atoms with Crippen molar-refractivity contribution in [2.45, 2.75) is 38.8 Å². The normalized spacial score (nSPS) is 13.7. The number of rotatable bonds is 6. The van der Waals surface area contributed by atoms with Gasteiger partial charge in [-0.05, 0) is 38.0 Å². The Bertz CT molecular complexity index is 453. The highest BCUT2D eigenvalue weighted by atomic mass is 19.1. The van der Waals surface area contributed by atoms with Crippen LogP contribution in [0, 0.1) is 11.6 Å². The van der Waals surface area contributed by atoms with E-state index in [1.807, 2.05) is 0 Å². The molecule has 0 spiro atoms. The summed E-state index contributed by atoms with van der Waals surface area (Å²) in [5.74, 6) is -1.10. The van der Waals surface area contributed by atoms with Crippen molar-refractivity contribution in [1.82, 2.24) is 10.6 Å². The Hall–Kier alpha value is -1.69. The Balaban J connectivity index is 2.62. The van der Waals surface area contributed by atoms with Gasteiger partial charge in [0.25, 0.3) is 0 Å². The van der Waals surface area contributed by atoms with Crippen molar-refractivity contribution in [2.75, 3.05) is 6.54 Å². The smallest absolute Gasteiger partial charge is 0.315 e. The summed E-state index contributed by atoms with van der Waals surface area (Å²) < 4.78 is 26.8. The van der Waals surface area contributed by atoms with E-state index in [-0.39, 0.29) is 5.56 Å². The van der Waals surface area contributed by atoms with Gasteiger partial charge in [-0.3, -0.25) is 0 Å². The third kappa shape index (κ3) is 5.13. The van der Waals surface area contributed by atoms with Crippen molar-refractivity contribution < 1.29 is 18.7 Å². The molecule has 0 aliphatic heterocycles. The van der Waals surface area contributed by atoms with Crippen molar-refractivity contribution in [1.29, 1.82) is 0 Å². The van der Waals surface area contributed by atoms with E-state index in [2.05, 4.69) is 10.6 Å². The molecule has 2 unspecified atom stereocenters. The van der Waals surface area contributed by atoms with Gasteiger partial charge < -0.3 is 15.7 Å². The molecule has 112 valence electrons. The minimum Gasteiger partial charge on any atom is -0.393 e. The highest BCUT2D eigenvalue weighted by molar-refractivity contribution is 5.74. The third-order valence-corrected chi connectivity index (χ3v) is 2.89. The fraction of sp³-hybridized carbons (Fsp3) is 0.500. The maximum absolute atomic E-state index is 13.6. The van der Waals surface area contributed by atoms with Crippen LogP contribution < -0.4 is 10.6 Å². The number of carbonyl (C=O) groups excluding carboxylic acids is 1. The molecular formula is C14H20F2N2O2. The van der Waals surface area contributed by atoms with Crippen LogP contribution in [0.1, 0.15) is 38.3 Å². The van der Waals surface area contributed by atoms with Gasteiger partial charge in [-0.2, -0.15) is 0 Å². The van der Waals surface area contributed by atoms with Gasteiger partial charge in [0.15, 0.2) is 0 Å². The predicted molar refractivity (Wildman–Crippen MR) is 72.2 cm³/mol. The van der Waals surface area contributed by atoms with Crippen LogP contribution in [0.2, 0.25) is 0 Å². The molecule has 3 N–H and O–H groups in total. The van der Waals surface area contributed by atoms with Gasteiger partial charge in [0, 0.05) is 12.1 Å². The van der Waals surface area contributed by atoms with E-state index < -0.39 is 29.8 Å². The molecule has 1 aromatic rings. The highest BCUT2D eigenvalue weighted by Gasteiger charge is 2.17. The third-order valence-electron chi connectivity index (χ3n) is 2.89. The Labute approximate surface area is 117 Å². The average Bonchev–Trinajstić information content (AvgIpc) is 2.38. The molecule has 0 aliphatic rings. The predicted octanol–water partition coefficient (Wildman–Crippen LogP) is 2.49. The molecule has 0 bridgehead atoms. The standard InChI is InChI=1S/C14H20F2N2O2/c1-3-13(11-8-10(15)4-5-12(11)16)18-14(20)17-7-6-9(2)19/h4-5,8-9,13,19H,3,6-7H2,1-2H3,(H2,17,18,20). The number of aliphatic hydroxyl groups is 1. The summed E-state index contributed by atoms with van der Waals surface area (Å²) in [6.45, 7) is 3.70. The molecule has 4 nitrogen and oxygen atoms in total. The van der Waals surface area contributed by atoms with Crippen molar-refractivity contribution >= 4 is 6.03 Å². The lowest BCUT2D eigenvalue weighted by Gasteiger charge is -2.18. The van der Waals surface area contributed by atoms with Crippen LogP contribution in [0.25, 0.3) is 0 Å². The van der Waals surface area contributed by atoms with Gasteiger partial charge in [-0.1, -0.05) is 6.92 Å². The number of hydrogen-bond acceptors (Lipinski definition) is 2. The maximum Gasteiger partial charge on any atom is 0.315 e. The number of amides is 2. The first kappa shape index (κ1) is 16.4. The zero-order valence-corrected chi connectivity index (χ0v) is 11.6. The Morgan fingerprint density at radius 1 is 1.40 bits per heavy atom. The highest BCUT2D eigenvalue weighted by Crippen LogP contribution is 2.20. The van der Waals surface area contributed by atoms with E-state index in [1.165, 1.54) is 0 Å². The topological polar surface area (TPSA) is 61.4 Å². The molecule has 0 fully saturated rings. The second-order valence-electron chi connectivity index (χ2n) is 4.66. The molecule has 0 saturated carbocycles. The summed E-state index contributed by atoms with van der Waals surface area (Å²) in [7, 11) is 0. The van der Waals surface area contributed by atoms with Gasteiger partial charge in [-0.25, -0.2) is 13.6 Å². The van der Waals surface area contributed by atoms with Crippen molar-refractivity contribution in [3.63, 3.8) is 0 Å². The number of carbonyl (C=O) groups is 1. The molecule has 0 heterocycles. The number of urea groups is 1. The maximum atomic E-state index is 13.6. The van der Waals surface area contributed by atoms with E-state index in [1.54, 1.807) is 13.8 Å². The number of halogens is 2. The molecule has 20 heavy (non-hydrogen) atoms. The molecule has 0 aliphatic carbocycles. The molecule has 2 atom stereocenters. The van der Waals surface area contributed by atoms with Gasteiger partial charge in [0.05, 0.1) is 12.1 Å². The van der Waals surface area contributed by atoms with E-state index in [0.29, 0.717) is 19.4 Å². The van der Waals surface area contributed by atoms with Crippen molar-refractivity contribution in [3.05, 3.63) is 35.4 Å². The second kappa shape index (κ2) is 7.79. The molecule has 1 rings (SSSR count). The first-order chi connectivity index (χ1) is 9.43. The Morgan fingerprint density at radius 2 is 2.10 bits per heavy atom. The van der Waals surface area contributed by atoms with Crippen LogP contribution in [0.4, 0.5) is 13.6 Å². The first-order valence-electron chi connectivity index (χ1n) is 6.61. The minimum absolute atomic E-state index is 0.123.